The molecule has 124 valence electrons. The highest BCUT2D eigenvalue weighted by Gasteiger charge is 2.45. The van der Waals surface area contributed by atoms with Crippen molar-refractivity contribution < 1.29 is 17.9 Å². The molecule has 1 saturated heterocycles. The molecule has 2 rings (SSSR count). The Balaban J connectivity index is 1.73. The Morgan fingerprint density at radius 2 is 2.05 bits per heavy atom. The van der Waals surface area contributed by atoms with Gasteiger partial charge >= 0.3 is 6.18 Å². The largest absolute Gasteiger partial charge is 0.411 e. The number of ether oxygens (including phenoxy) is 1. The van der Waals surface area contributed by atoms with E-state index in [-0.39, 0.29) is 12.1 Å². The highest BCUT2D eigenvalue weighted by atomic mass is 19.4. The van der Waals surface area contributed by atoms with E-state index in [1.54, 1.807) is 0 Å². The van der Waals surface area contributed by atoms with E-state index in [1.165, 1.54) is 12.8 Å². The van der Waals surface area contributed by atoms with Crippen molar-refractivity contribution in [2.75, 3.05) is 32.8 Å². The fraction of sp³-hybridized carbons (Fsp3) is 1.00. The van der Waals surface area contributed by atoms with Crippen molar-refractivity contribution in [2.45, 2.75) is 57.3 Å². The van der Waals surface area contributed by atoms with Gasteiger partial charge in [-0.25, -0.2) is 0 Å². The third kappa shape index (κ3) is 5.11. The average Bonchev–Trinajstić information content (AvgIpc) is 3.22. The number of hydrogen-bond acceptors (Lipinski definition) is 3. The van der Waals surface area contributed by atoms with E-state index in [0.717, 1.165) is 32.0 Å². The fourth-order valence-corrected chi connectivity index (χ4v) is 3.30. The summed E-state index contributed by atoms with van der Waals surface area (Å²) in [4.78, 5) is 2.44. The van der Waals surface area contributed by atoms with Crippen LogP contribution in [0.3, 0.4) is 0 Å². The molecular formula is C15H27F3N2O. The summed E-state index contributed by atoms with van der Waals surface area (Å²) in [5.41, 5.74) is 0.179. The molecule has 21 heavy (non-hydrogen) atoms. The summed E-state index contributed by atoms with van der Waals surface area (Å²) < 4.78 is 40.7. The summed E-state index contributed by atoms with van der Waals surface area (Å²) in [5, 5.41) is 3.69. The lowest BCUT2D eigenvalue weighted by atomic mass is 9.90. The maximum absolute atomic E-state index is 12.0. The maximum atomic E-state index is 12.0. The van der Waals surface area contributed by atoms with Gasteiger partial charge in [-0.15, -0.1) is 0 Å². The van der Waals surface area contributed by atoms with E-state index >= 15 is 0 Å². The van der Waals surface area contributed by atoms with Gasteiger partial charge in [-0.1, -0.05) is 6.92 Å². The fourth-order valence-electron chi connectivity index (χ4n) is 3.30. The molecule has 0 bridgehead atoms. The Morgan fingerprint density at radius 1 is 1.33 bits per heavy atom. The summed E-state index contributed by atoms with van der Waals surface area (Å²) in [7, 11) is 0. The van der Waals surface area contributed by atoms with Gasteiger partial charge in [0.05, 0.1) is 0 Å². The molecule has 2 aliphatic rings. The van der Waals surface area contributed by atoms with Crippen LogP contribution in [0.15, 0.2) is 0 Å². The molecule has 0 aromatic heterocycles. The van der Waals surface area contributed by atoms with E-state index in [0.29, 0.717) is 12.5 Å². The molecule has 1 aliphatic heterocycles. The number of halogens is 3. The van der Waals surface area contributed by atoms with Gasteiger partial charge in [-0.3, -0.25) is 4.90 Å². The minimum absolute atomic E-state index is 0.179. The lowest BCUT2D eigenvalue weighted by molar-refractivity contribution is -0.174. The van der Waals surface area contributed by atoms with Gasteiger partial charge in [-0.2, -0.15) is 13.2 Å². The third-order valence-electron chi connectivity index (χ3n) is 4.74. The smallest absolute Gasteiger partial charge is 0.372 e. The highest BCUT2D eigenvalue weighted by Crippen LogP contribution is 2.41. The second kappa shape index (κ2) is 6.84. The van der Waals surface area contributed by atoms with Crippen molar-refractivity contribution in [3.8, 4) is 0 Å². The van der Waals surface area contributed by atoms with Crippen molar-refractivity contribution in [3.05, 3.63) is 0 Å². The Morgan fingerprint density at radius 3 is 2.62 bits per heavy atom. The monoisotopic (exact) mass is 308 g/mol. The molecule has 0 amide bonds. The number of nitrogens with one attached hydrogen (secondary N) is 1. The average molecular weight is 308 g/mol. The molecule has 1 aliphatic carbocycles. The second-order valence-corrected chi connectivity index (χ2v) is 6.63. The first-order valence-electron chi connectivity index (χ1n) is 7.97. The van der Waals surface area contributed by atoms with E-state index in [9.17, 15) is 13.2 Å². The molecule has 2 fully saturated rings. The van der Waals surface area contributed by atoms with Gasteiger partial charge in [0.2, 0.25) is 0 Å². The van der Waals surface area contributed by atoms with Crippen molar-refractivity contribution in [1.29, 1.82) is 0 Å². The molecular weight excluding hydrogens is 281 g/mol. The van der Waals surface area contributed by atoms with Gasteiger partial charge in [0.1, 0.15) is 6.61 Å². The van der Waals surface area contributed by atoms with Crippen LogP contribution in [0.1, 0.15) is 39.5 Å². The zero-order valence-electron chi connectivity index (χ0n) is 13.0. The topological polar surface area (TPSA) is 24.5 Å². The van der Waals surface area contributed by atoms with Crippen LogP contribution in [-0.2, 0) is 4.74 Å². The SMILES string of the molecule is CCC1CNC(C)(C2CC2)CN1CCCOCC(F)(F)F. The Bertz CT molecular complexity index is 333. The van der Waals surface area contributed by atoms with Gasteiger partial charge < -0.3 is 10.1 Å². The van der Waals surface area contributed by atoms with Crippen molar-refractivity contribution in [1.82, 2.24) is 10.2 Å². The summed E-state index contributed by atoms with van der Waals surface area (Å²) >= 11 is 0. The zero-order chi connectivity index (χ0) is 15.5. The molecule has 2 unspecified atom stereocenters. The normalized spacial score (nSPS) is 31.6. The van der Waals surface area contributed by atoms with Crippen LogP contribution in [-0.4, -0.2) is 55.5 Å². The third-order valence-corrected chi connectivity index (χ3v) is 4.74. The van der Waals surface area contributed by atoms with Gasteiger partial charge in [-0.05, 0) is 38.5 Å². The molecule has 1 saturated carbocycles. The summed E-state index contributed by atoms with van der Waals surface area (Å²) in [5.74, 6) is 0.763. The predicted octanol–water partition coefficient (Wildman–Crippen LogP) is 2.81. The second-order valence-electron chi connectivity index (χ2n) is 6.63. The first-order valence-corrected chi connectivity index (χ1v) is 7.97. The van der Waals surface area contributed by atoms with Gasteiger partial charge in [0.25, 0.3) is 0 Å². The zero-order valence-corrected chi connectivity index (χ0v) is 13.0. The first kappa shape index (κ1) is 17.0. The van der Waals surface area contributed by atoms with Crippen LogP contribution in [0.25, 0.3) is 0 Å². The van der Waals surface area contributed by atoms with Gasteiger partial charge in [0.15, 0.2) is 0 Å². The molecule has 0 spiro atoms. The van der Waals surface area contributed by atoms with Crippen molar-refractivity contribution >= 4 is 0 Å². The summed E-state index contributed by atoms with van der Waals surface area (Å²) in [6, 6.07) is 0.486. The van der Waals surface area contributed by atoms with E-state index in [4.69, 9.17) is 4.74 Å². The van der Waals surface area contributed by atoms with Gasteiger partial charge in [0, 0.05) is 37.8 Å². The molecule has 6 heteroatoms. The lowest BCUT2D eigenvalue weighted by Gasteiger charge is -2.46. The molecule has 0 aromatic rings. The number of nitrogens with zero attached hydrogens (tertiary/aromatic N) is 1. The number of piperazine rings is 1. The lowest BCUT2D eigenvalue weighted by Crippen LogP contribution is -2.63. The first-order chi connectivity index (χ1) is 9.84. The molecule has 1 heterocycles. The van der Waals surface area contributed by atoms with E-state index in [2.05, 4.69) is 24.1 Å². The minimum Gasteiger partial charge on any atom is -0.372 e. The van der Waals surface area contributed by atoms with E-state index in [1.807, 2.05) is 0 Å². The summed E-state index contributed by atoms with van der Waals surface area (Å²) in [6.45, 7) is 6.29. The number of alkyl halides is 3. The van der Waals surface area contributed by atoms with Crippen LogP contribution in [0.2, 0.25) is 0 Å². The van der Waals surface area contributed by atoms with Crippen LogP contribution >= 0.6 is 0 Å². The molecule has 1 N–H and O–H groups in total. The number of rotatable bonds is 7. The van der Waals surface area contributed by atoms with Crippen LogP contribution in [0.5, 0.6) is 0 Å². The van der Waals surface area contributed by atoms with Crippen LogP contribution in [0, 0.1) is 5.92 Å². The Hall–Kier alpha value is -0.330. The molecule has 0 radical (unpaired) electrons. The maximum Gasteiger partial charge on any atom is 0.411 e. The predicted molar refractivity (Wildman–Crippen MR) is 76.3 cm³/mol. The minimum atomic E-state index is -4.22. The highest BCUT2D eigenvalue weighted by molar-refractivity contribution is 5.03. The van der Waals surface area contributed by atoms with Crippen molar-refractivity contribution in [2.24, 2.45) is 5.92 Å². The van der Waals surface area contributed by atoms with Crippen LogP contribution < -0.4 is 5.32 Å². The van der Waals surface area contributed by atoms with Crippen LogP contribution in [0.4, 0.5) is 13.2 Å². The molecule has 0 aromatic carbocycles. The summed E-state index contributed by atoms with van der Waals surface area (Å²) in [6.07, 6.45) is 0.0989. The standard InChI is InChI=1S/C15H27F3N2O/c1-3-13-9-19-14(2,12-5-6-12)10-20(13)7-4-8-21-11-15(16,17)18/h12-13,19H,3-11H2,1-2H3. The number of hydrogen-bond donors (Lipinski definition) is 1. The molecule has 3 nitrogen and oxygen atoms in total. The Kier molecular flexibility index (Phi) is 5.54. The van der Waals surface area contributed by atoms with E-state index < -0.39 is 12.8 Å². The Labute approximate surface area is 125 Å². The molecule has 2 atom stereocenters. The van der Waals surface area contributed by atoms with Crippen molar-refractivity contribution in [3.63, 3.8) is 0 Å². The quantitative estimate of drug-likeness (QED) is 0.732.